The molecule has 1 aromatic heterocycles. The number of nitrogens with zero attached hydrogens (tertiary/aromatic N) is 2. The van der Waals surface area contributed by atoms with Crippen LogP contribution in [0.1, 0.15) is 47.0 Å². The van der Waals surface area contributed by atoms with Gasteiger partial charge in [-0.3, -0.25) is 0 Å². The number of hydrogen-bond donors (Lipinski definition) is 0. The summed E-state index contributed by atoms with van der Waals surface area (Å²) < 4.78 is 7.59. The van der Waals surface area contributed by atoms with Crippen LogP contribution in [-0.4, -0.2) is 10.5 Å². The third-order valence-corrected chi connectivity index (χ3v) is 4.34. The number of hydrogen-bond acceptors (Lipinski definition) is 3. The molecule has 4 nitrogen and oxygen atoms in total. The number of aryl methyl sites for hydroxylation is 1. The zero-order valence-electron chi connectivity index (χ0n) is 14.0. The van der Waals surface area contributed by atoms with Crippen molar-refractivity contribution in [1.29, 1.82) is 5.26 Å². The summed E-state index contributed by atoms with van der Waals surface area (Å²) in [5, 5.41) is 9.04. The number of ether oxygens (including phenoxy) is 1. The van der Waals surface area contributed by atoms with Gasteiger partial charge in [0, 0.05) is 29.1 Å². The van der Waals surface area contributed by atoms with Crippen LogP contribution in [0.4, 0.5) is 0 Å². The van der Waals surface area contributed by atoms with Crippen LogP contribution in [0.5, 0.6) is 0 Å². The normalized spacial score (nSPS) is 13.9. The van der Waals surface area contributed by atoms with Crippen molar-refractivity contribution in [2.45, 2.75) is 39.3 Å². The van der Waals surface area contributed by atoms with Gasteiger partial charge in [-0.2, -0.15) is 5.26 Å². The zero-order chi connectivity index (χ0) is 17.1. The molecule has 2 aromatic rings. The summed E-state index contributed by atoms with van der Waals surface area (Å²) in [4.78, 5) is 11.9. The molecule has 0 saturated heterocycles. The Hall–Kier alpha value is -2.80. The van der Waals surface area contributed by atoms with Crippen molar-refractivity contribution >= 4 is 12.0 Å². The summed E-state index contributed by atoms with van der Waals surface area (Å²) in [7, 11) is 0. The van der Waals surface area contributed by atoms with Crippen molar-refractivity contribution < 1.29 is 9.53 Å². The Morgan fingerprint density at radius 1 is 1.38 bits per heavy atom. The summed E-state index contributed by atoms with van der Waals surface area (Å²) >= 11 is 0. The second kappa shape index (κ2) is 6.76. The highest BCUT2D eigenvalue weighted by molar-refractivity contribution is 5.87. The molecule has 0 aliphatic heterocycles. The number of nitriles is 1. The number of rotatable bonds is 5. The van der Waals surface area contributed by atoms with Crippen molar-refractivity contribution in [2.24, 2.45) is 0 Å². The van der Waals surface area contributed by atoms with Crippen LogP contribution in [0, 0.1) is 25.2 Å². The summed E-state index contributed by atoms with van der Waals surface area (Å²) in [6.45, 7) is 4.29. The van der Waals surface area contributed by atoms with Gasteiger partial charge in [-0.1, -0.05) is 18.2 Å². The van der Waals surface area contributed by atoms with Gasteiger partial charge < -0.3 is 9.30 Å². The van der Waals surface area contributed by atoms with Crippen molar-refractivity contribution in [3.05, 3.63) is 64.5 Å². The van der Waals surface area contributed by atoms with E-state index < -0.39 is 5.97 Å². The Morgan fingerprint density at radius 2 is 2.12 bits per heavy atom. The molecule has 3 rings (SSSR count). The molecule has 0 atom stereocenters. The molecule has 122 valence electrons. The molecule has 1 heterocycles. The van der Waals surface area contributed by atoms with E-state index in [0.29, 0.717) is 17.2 Å². The van der Waals surface area contributed by atoms with Gasteiger partial charge in [0.05, 0.1) is 11.6 Å². The van der Waals surface area contributed by atoms with Crippen molar-refractivity contribution in [2.75, 3.05) is 0 Å². The molecule has 1 aromatic carbocycles. The first-order chi connectivity index (χ1) is 11.6. The van der Waals surface area contributed by atoms with E-state index in [1.54, 1.807) is 24.3 Å². The maximum Gasteiger partial charge on any atom is 0.331 e. The van der Waals surface area contributed by atoms with Gasteiger partial charge in [0.15, 0.2) is 0 Å². The summed E-state index contributed by atoms with van der Waals surface area (Å²) in [5.74, 6) is -0.404. The van der Waals surface area contributed by atoms with E-state index >= 15 is 0 Å². The molecule has 1 aliphatic rings. The van der Waals surface area contributed by atoms with Crippen LogP contribution in [0.25, 0.3) is 6.08 Å². The lowest BCUT2D eigenvalue weighted by Gasteiger charge is -2.06. The Bertz CT molecular complexity index is 836. The lowest BCUT2D eigenvalue weighted by Crippen LogP contribution is -2.02. The van der Waals surface area contributed by atoms with Crippen molar-refractivity contribution in [3.63, 3.8) is 0 Å². The number of carbonyl (C=O) groups excluding carboxylic acids is 1. The standard InChI is InChI=1S/C20H20N2O2/c1-14-11-16(15(2)22(14)19-8-9-19)7-10-20(23)24-13-18-6-4-3-5-17(18)12-21/h3-7,10-11,19H,8-9,13H2,1-2H3/b10-7+. The van der Waals surface area contributed by atoms with Crippen molar-refractivity contribution in [3.8, 4) is 6.07 Å². The fourth-order valence-corrected chi connectivity index (χ4v) is 2.98. The first kappa shape index (κ1) is 16.1. The summed E-state index contributed by atoms with van der Waals surface area (Å²) in [6.07, 6.45) is 5.73. The van der Waals surface area contributed by atoms with E-state index in [9.17, 15) is 4.79 Å². The molecule has 1 fully saturated rings. The minimum absolute atomic E-state index is 0.105. The Kier molecular flexibility index (Phi) is 4.52. The van der Waals surface area contributed by atoms with Gasteiger partial charge in [-0.15, -0.1) is 0 Å². The quantitative estimate of drug-likeness (QED) is 0.616. The fourth-order valence-electron chi connectivity index (χ4n) is 2.98. The highest BCUT2D eigenvalue weighted by atomic mass is 16.5. The molecule has 0 unspecified atom stereocenters. The van der Waals surface area contributed by atoms with E-state index in [1.807, 2.05) is 6.07 Å². The molecular weight excluding hydrogens is 300 g/mol. The third-order valence-electron chi connectivity index (χ3n) is 4.34. The smallest absolute Gasteiger partial charge is 0.331 e. The van der Waals surface area contributed by atoms with Gasteiger partial charge in [0.2, 0.25) is 0 Å². The second-order valence-electron chi connectivity index (χ2n) is 6.14. The maximum atomic E-state index is 11.9. The molecule has 0 N–H and O–H groups in total. The largest absolute Gasteiger partial charge is 0.458 e. The Morgan fingerprint density at radius 3 is 2.83 bits per heavy atom. The average molecular weight is 320 g/mol. The first-order valence-corrected chi connectivity index (χ1v) is 8.11. The Labute approximate surface area is 142 Å². The van der Waals surface area contributed by atoms with E-state index in [1.165, 1.54) is 30.3 Å². The highest BCUT2D eigenvalue weighted by Crippen LogP contribution is 2.38. The van der Waals surface area contributed by atoms with Gasteiger partial charge in [-0.05, 0) is 50.5 Å². The monoisotopic (exact) mass is 320 g/mol. The minimum Gasteiger partial charge on any atom is -0.458 e. The number of esters is 1. The second-order valence-corrected chi connectivity index (χ2v) is 6.14. The molecular formula is C20H20N2O2. The Balaban J connectivity index is 1.64. The van der Waals surface area contributed by atoms with E-state index in [-0.39, 0.29) is 6.61 Å². The maximum absolute atomic E-state index is 11.9. The predicted octanol–water partition coefficient (Wildman–Crippen LogP) is 4.07. The van der Waals surface area contributed by atoms with Crippen LogP contribution in [-0.2, 0) is 16.1 Å². The third kappa shape index (κ3) is 3.41. The topological polar surface area (TPSA) is 55.0 Å². The number of carbonyl (C=O) groups is 1. The lowest BCUT2D eigenvalue weighted by atomic mass is 10.1. The number of aromatic nitrogens is 1. The SMILES string of the molecule is Cc1cc(/C=C/C(=O)OCc2ccccc2C#N)c(C)n1C1CC1. The molecule has 24 heavy (non-hydrogen) atoms. The molecule has 0 bridgehead atoms. The predicted molar refractivity (Wildman–Crippen MR) is 92.2 cm³/mol. The number of benzene rings is 1. The van der Waals surface area contributed by atoms with Crippen LogP contribution in [0.3, 0.4) is 0 Å². The summed E-state index contributed by atoms with van der Waals surface area (Å²) in [6, 6.07) is 11.9. The van der Waals surface area contributed by atoms with Crippen LogP contribution < -0.4 is 0 Å². The molecule has 4 heteroatoms. The fraction of sp³-hybridized carbons (Fsp3) is 0.300. The molecule has 1 aliphatic carbocycles. The molecule has 1 saturated carbocycles. The summed E-state index contributed by atoms with van der Waals surface area (Å²) in [5.41, 5.74) is 4.71. The minimum atomic E-state index is -0.404. The zero-order valence-corrected chi connectivity index (χ0v) is 14.0. The van der Waals surface area contributed by atoms with Gasteiger partial charge >= 0.3 is 5.97 Å². The van der Waals surface area contributed by atoms with Crippen LogP contribution in [0.15, 0.2) is 36.4 Å². The van der Waals surface area contributed by atoms with E-state index in [4.69, 9.17) is 10.00 Å². The van der Waals surface area contributed by atoms with Gasteiger partial charge in [0.25, 0.3) is 0 Å². The van der Waals surface area contributed by atoms with E-state index in [0.717, 1.165) is 5.56 Å². The first-order valence-electron chi connectivity index (χ1n) is 8.11. The molecule has 0 amide bonds. The molecule has 0 spiro atoms. The van der Waals surface area contributed by atoms with Gasteiger partial charge in [-0.25, -0.2) is 4.79 Å². The average Bonchev–Trinajstić information content (AvgIpc) is 3.37. The van der Waals surface area contributed by atoms with Crippen LogP contribution >= 0.6 is 0 Å². The highest BCUT2D eigenvalue weighted by Gasteiger charge is 2.26. The molecule has 0 radical (unpaired) electrons. The van der Waals surface area contributed by atoms with Crippen LogP contribution in [0.2, 0.25) is 0 Å². The van der Waals surface area contributed by atoms with Gasteiger partial charge in [0.1, 0.15) is 6.61 Å². The lowest BCUT2D eigenvalue weighted by molar-refractivity contribution is -0.138. The van der Waals surface area contributed by atoms with Crippen molar-refractivity contribution in [1.82, 2.24) is 4.57 Å². The van der Waals surface area contributed by atoms with E-state index in [2.05, 4.69) is 30.6 Å².